The predicted octanol–water partition coefficient (Wildman–Crippen LogP) is 4.16. The first kappa shape index (κ1) is 41.5. The number of nitrogens with one attached hydrogen (secondary N) is 2. The van der Waals surface area contributed by atoms with Crippen LogP contribution in [0.2, 0.25) is 0 Å². The van der Waals surface area contributed by atoms with Crippen LogP contribution in [0, 0.1) is 12.8 Å². The molecule has 2 heterocycles. The molecule has 3 aromatic rings. The topological polar surface area (TPSA) is 157 Å². The number of benzene rings is 2. The van der Waals surface area contributed by atoms with Gasteiger partial charge in [0.15, 0.2) is 11.5 Å². The second kappa shape index (κ2) is 18.7. The second-order valence-electron chi connectivity index (χ2n) is 15.0. The number of thiazole rings is 1. The number of β-amino-alcohol motifs (C(OH)–C–C–N with tert-alkyl or cyclic N) is 1. The van der Waals surface area contributed by atoms with Crippen LogP contribution >= 0.6 is 11.3 Å². The first-order valence-electron chi connectivity index (χ1n) is 18.0. The highest BCUT2D eigenvalue weighted by Gasteiger charge is 2.38. The van der Waals surface area contributed by atoms with Gasteiger partial charge in [-0.1, -0.05) is 50.2 Å². The van der Waals surface area contributed by atoms with Gasteiger partial charge < -0.3 is 30.3 Å². The second-order valence-corrected chi connectivity index (χ2v) is 16.1. The Labute approximate surface area is 317 Å². The quantitative estimate of drug-likeness (QED) is 0.168. The van der Waals surface area contributed by atoms with E-state index in [0.717, 1.165) is 21.0 Å². The van der Waals surface area contributed by atoms with Gasteiger partial charge in [-0.3, -0.25) is 24.3 Å². The summed E-state index contributed by atoms with van der Waals surface area (Å²) >= 11 is 1.42. The summed E-state index contributed by atoms with van der Waals surface area (Å²) in [7, 11) is 3.19. The average molecular weight is 753 g/mol. The van der Waals surface area contributed by atoms with Gasteiger partial charge in [0.1, 0.15) is 12.1 Å². The molecule has 14 heteroatoms. The Balaban J connectivity index is 1.57. The van der Waals surface area contributed by atoms with Gasteiger partial charge in [0, 0.05) is 43.6 Å². The molecule has 0 aliphatic carbocycles. The SMILES string of the molecule is COc1ccc(CN2CCN(C[C@H](O)[C@H](Cc3ccccc3)NC(=O)[C@H](C(C)C)N(Cc3csc(C)n3)C(=O)O)[C@H](C(=O)NC(C)(C)C)C2)cc1OC. The molecule has 1 aliphatic rings. The Morgan fingerprint density at radius 3 is 2.32 bits per heavy atom. The number of aromatic nitrogens is 1. The van der Waals surface area contributed by atoms with Crippen molar-refractivity contribution in [2.45, 2.75) is 90.8 Å². The van der Waals surface area contributed by atoms with Crippen molar-refractivity contribution in [3.05, 3.63) is 75.7 Å². The highest BCUT2D eigenvalue weighted by molar-refractivity contribution is 7.09. The molecule has 4 N–H and O–H groups in total. The maximum atomic E-state index is 14.1. The van der Waals surface area contributed by atoms with E-state index in [9.17, 15) is 24.6 Å². The van der Waals surface area contributed by atoms with E-state index < -0.39 is 41.8 Å². The molecule has 4 rings (SSSR count). The number of amides is 3. The maximum absolute atomic E-state index is 14.1. The number of rotatable bonds is 16. The van der Waals surface area contributed by atoms with Gasteiger partial charge in [-0.15, -0.1) is 11.3 Å². The Hall–Kier alpha value is -4.24. The molecular formula is C39H56N6O7S. The number of hydrogen-bond acceptors (Lipinski definition) is 10. The number of methoxy groups -OCH3 is 2. The number of aliphatic hydroxyl groups excluding tert-OH is 1. The van der Waals surface area contributed by atoms with Crippen molar-refractivity contribution in [1.82, 2.24) is 30.3 Å². The molecule has 2 aromatic carbocycles. The van der Waals surface area contributed by atoms with Crippen LogP contribution in [-0.4, -0.2) is 118 Å². The van der Waals surface area contributed by atoms with Gasteiger partial charge in [-0.25, -0.2) is 9.78 Å². The summed E-state index contributed by atoms with van der Waals surface area (Å²) in [5.41, 5.74) is 2.00. The molecular weight excluding hydrogens is 697 g/mol. The van der Waals surface area contributed by atoms with Crippen LogP contribution in [0.25, 0.3) is 0 Å². The number of piperazine rings is 1. The summed E-state index contributed by atoms with van der Waals surface area (Å²) in [5.74, 6) is 0.240. The average Bonchev–Trinajstić information content (AvgIpc) is 3.51. The number of aliphatic hydroxyl groups is 1. The van der Waals surface area contributed by atoms with Crippen LogP contribution in [0.15, 0.2) is 53.9 Å². The minimum atomic E-state index is -1.23. The van der Waals surface area contributed by atoms with E-state index in [1.165, 1.54) is 11.3 Å². The monoisotopic (exact) mass is 752 g/mol. The lowest BCUT2D eigenvalue weighted by atomic mass is 9.97. The summed E-state index contributed by atoms with van der Waals surface area (Å²) in [5, 5.41) is 30.9. The van der Waals surface area contributed by atoms with Crippen molar-refractivity contribution in [3.8, 4) is 11.5 Å². The van der Waals surface area contributed by atoms with E-state index in [4.69, 9.17) is 9.47 Å². The Morgan fingerprint density at radius 1 is 1.04 bits per heavy atom. The number of carbonyl (C=O) groups excluding carboxylic acids is 2. The van der Waals surface area contributed by atoms with Crippen molar-refractivity contribution in [1.29, 1.82) is 0 Å². The third-order valence-electron chi connectivity index (χ3n) is 9.22. The van der Waals surface area contributed by atoms with E-state index in [1.54, 1.807) is 33.4 Å². The largest absolute Gasteiger partial charge is 0.493 e. The van der Waals surface area contributed by atoms with Crippen molar-refractivity contribution >= 4 is 29.2 Å². The van der Waals surface area contributed by atoms with Crippen molar-refractivity contribution in [2.75, 3.05) is 40.4 Å². The lowest BCUT2D eigenvalue weighted by Crippen LogP contribution is -2.63. The molecule has 0 unspecified atom stereocenters. The molecule has 13 nitrogen and oxygen atoms in total. The van der Waals surface area contributed by atoms with Gasteiger partial charge in [-0.2, -0.15) is 0 Å². The van der Waals surface area contributed by atoms with Gasteiger partial charge in [-0.05, 0) is 63.3 Å². The lowest BCUT2D eigenvalue weighted by Gasteiger charge is -2.43. The van der Waals surface area contributed by atoms with E-state index in [1.807, 2.05) is 81.1 Å². The van der Waals surface area contributed by atoms with Crippen LogP contribution in [0.5, 0.6) is 11.5 Å². The molecule has 3 amide bonds. The minimum absolute atomic E-state index is 0.0417. The van der Waals surface area contributed by atoms with Crippen LogP contribution in [0.1, 0.15) is 56.4 Å². The van der Waals surface area contributed by atoms with Crippen molar-refractivity contribution < 1.29 is 34.1 Å². The predicted molar refractivity (Wildman–Crippen MR) is 205 cm³/mol. The zero-order valence-electron chi connectivity index (χ0n) is 32.2. The maximum Gasteiger partial charge on any atom is 0.408 e. The fraction of sp³-hybridized carbons (Fsp3) is 0.538. The zero-order chi connectivity index (χ0) is 38.9. The number of nitrogens with zero attached hydrogens (tertiary/aromatic N) is 4. The third kappa shape index (κ3) is 11.9. The first-order chi connectivity index (χ1) is 25.1. The molecule has 1 fully saturated rings. The van der Waals surface area contributed by atoms with Gasteiger partial charge >= 0.3 is 6.09 Å². The number of aryl methyl sites for hydroxylation is 1. The van der Waals surface area contributed by atoms with Crippen molar-refractivity contribution in [2.24, 2.45) is 5.92 Å². The molecule has 1 saturated heterocycles. The smallest absolute Gasteiger partial charge is 0.408 e. The van der Waals surface area contributed by atoms with E-state index in [2.05, 4.69) is 20.5 Å². The highest BCUT2D eigenvalue weighted by Crippen LogP contribution is 2.29. The molecule has 0 saturated carbocycles. The number of carboxylic acid groups (broad SMARTS) is 1. The van der Waals surface area contributed by atoms with Crippen LogP contribution in [0.4, 0.5) is 4.79 Å². The number of ether oxygens (including phenoxy) is 2. The summed E-state index contributed by atoms with van der Waals surface area (Å²) in [6.45, 7) is 13.4. The molecule has 290 valence electrons. The fourth-order valence-corrected chi connectivity index (χ4v) is 7.31. The van der Waals surface area contributed by atoms with E-state index >= 15 is 0 Å². The Kier molecular flexibility index (Phi) is 14.6. The summed E-state index contributed by atoms with van der Waals surface area (Å²) in [4.78, 5) is 50.2. The van der Waals surface area contributed by atoms with Gasteiger partial charge in [0.05, 0.1) is 43.6 Å². The fourth-order valence-electron chi connectivity index (χ4n) is 6.71. The van der Waals surface area contributed by atoms with Crippen LogP contribution in [-0.2, 0) is 29.1 Å². The molecule has 1 aliphatic heterocycles. The molecule has 0 radical (unpaired) electrons. The molecule has 4 atom stereocenters. The number of carbonyl (C=O) groups is 3. The Morgan fingerprint density at radius 2 is 1.74 bits per heavy atom. The highest BCUT2D eigenvalue weighted by atomic mass is 32.1. The molecule has 0 bridgehead atoms. The summed E-state index contributed by atoms with van der Waals surface area (Å²) in [6.07, 6.45) is -2.02. The lowest BCUT2D eigenvalue weighted by molar-refractivity contribution is -0.133. The zero-order valence-corrected chi connectivity index (χ0v) is 33.0. The normalized spacial score (nSPS) is 17.1. The molecule has 0 spiro atoms. The molecule has 1 aromatic heterocycles. The van der Waals surface area contributed by atoms with Crippen LogP contribution in [0.3, 0.4) is 0 Å². The standard InChI is InChI=1S/C39H56N6O7S/c1-25(2)35(45(38(49)50)21-29-24-53-26(3)40-29)37(48)41-30(18-27-12-10-9-11-13-27)32(46)23-44-17-16-43(22-31(44)36(47)42-39(4,5)6)20-28-14-15-33(51-7)34(19-28)52-8/h9-15,19,24-25,30-32,35,46H,16-18,20-23H2,1-8H3,(H,41,48)(H,42,47)(H,49,50)/t30-,31-,32-,35-/m0/s1. The van der Waals surface area contributed by atoms with Gasteiger partial charge in [0.2, 0.25) is 11.8 Å². The number of hydrogen-bond donors (Lipinski definition) is 4. The summed E-state index contributed by atoms with van der Waals surface area (Å²) in [6, 6.07) is 12.9. The van der Waals surface area contributed by atoms with E-state index in [0.29, 0.717) is 49.8 Å². The van der Waals surface area contributed by atoms with Gasteiger partial charge in [0.25, 0.3) is 0 Å². The Bertz CT molecular complexity index is 1660. The van der Waals surface area contributed by atoms with Crippen LogP contribution < -0.4 is 20.1 Å². The summed E-state index contributed by atoms with van der Waals surface area (Å²) < 4.78 is 10.9. The first-order valence-corrected chi connectivity index (χ1v) is 18.9. The molecule has 53 heavy (non-hydrogen) atoms. The van der Waals surface area contributed by atoms with E-state index in [-0.39, 0.29) is 24.9 Å². The van der Waals surface area contributed by atoms with Crippen molar-refractivity contribution in [3.63, 3.8) is 0 Å². The third-order valence-corrected chi connectivity index (χ3v) is 10.0. The minimum Gasteiger partial charge on any atom is -0.493 e.